The molecule has 0 fully saturated rings. The van der Waals surface area contributed by atoms with Crippen LogP contribution in [0.25, 0.3) is 0 Å². The Morgan fingerprint density at radius 2 is 1.50 bits per heavy atom. The van der Waals surface area contributed by atoms with Gasteiger partial charge in [-0.3, -0.25) is 4.79 Å². The van der Waals surface area contributed by atoms with Gasteiger partial charge in [-0.05, 0) is 48.5 Å². The Hall–Kier alpha value is -1.96. The molecular weight excluding hydrogens is 391 g/mol. The van der Waals surface area contributed by atoms with Gasteiger partial charge in [-0.2, -0.15) is 10.2 Å². The summed E-state index contributed by atoms with van der Waals surface area (Å²) in [6.45, 7) is 0. The fourth-order valence-electron chi connectivity index (χ4n) is 1.74. The SMILES string of the molecule is CN(C)c1ccc(N=Nc2ccc(NC(=O)CI)cc2)cc1. The maximum Gasteiger partial charge on any atom is 0.234 e. The number of hydrogen-bond acceptors (Lipinski definition) is 4. The van der Waals surface area contributed by atoms with E-state index in [1.165, 1.54) is 0 Å². The molecule has 2 aromatic carbocycles. The van der Waals surface area contributed by atoms with Gasteiger partial charge in [0.05, 0.1) is 15.8 Å². The predicted molar refractivity (Wildman–Crippen MR) is 98.9 cm³/mol. The molecule has 6 heteroatoms. The van der Waals surface area contributed by atoms with Gasteiger partial charge >= 0.3 is 0 Å². The van der Waals surface area contributed by atoms with Gasteiger partial charge in [0.1, 0.15) is 0 Å². The Labute approximate surface area is 143 Å². The lowest BCUT2D eigenvalue weighted by molar-refractivity contribution is -0.113. The van der Waals surface area contributed by atoms with Gasteiger partial charge in [-0.15, -0.1) is 0 Å². The zero-order chi connectivity index (χ0) is 15.9. The third-order valence-electron chi connectivity index (χ3n) is 2.92. The van der Waals surface area contributed by atoms with E-state index >= 15 is 0 Å². The largest absolute Gasteiger partial charge is 0.378 e. The van der Waals surface area contributed by atoms with Crippen LogP contribution in [0.15, 0.2) is 58.8 Å². The number of carbonyl (C=O) groups excluding carboxylic acids is 1. The molecule has 2 aromatic rings. The highest BCUT2D eigenvalue weighted by Crippen LogP contribution is 2.22. The molecule has 0 radical (unpaired) electrons. The van der Waals surface area contributed by atoms with Crippen molar-refractivity contribution in [1.29, 1.82) is 0 Å². The zero-order valence-electron chi connectivity index (χ0n) is 12.5. The number of nitrogens with one attached hydrogen (secondary N) is 1. The van der Waals surface area contributed by atoms with Crippen molar-refractivity contribution in [3.8, 4) is 0 Å². The van der Waals surface area contributed by atoms with Gasteiger partial charge < -0.3 is 10.2 Å². The molecule has 1 N–H and O–H groups in total. The molecule has 0 bridgehead atoms. The van der Waals surface area contributed by atoms with Gasteiger partial charge in [0.25, 0.3) is 0 Å². The van der Waals surface area contributed by atoms with Crippen LogP contribution in [-0.4, -0.2) is 24.4 Å². The molecule has 1 amide bonds. The Morgan fingerprint density at radius 3 is 1.95 bits per heavy atom. The second-order valence-corrected chi connectivity index (χ2v) is 5.60. The number of azo groups is 1. The summed E-state index contributed by atoms with van der Waals surface area (Å²) in [5.41, 5.74) is 3.42. The van der Waals surface area contributed by atoms with Crippen LogP contribution in [0.2, 0.25) is 0 Å². The number of nitrogens with zero attached hydrogens (tertiary/aromatic N) is 3. The Balaban J connectivity index is 2.02. The summed E-state index contributed by atoms with van der Waals surface area (Å²) in [6.07, 6.45) is 0. The smallest absolute Gasteiger partial charge is 0.234 e. The van der Waals surface area contributed by atoms with Crippen LogP contribution in [0.1, 0.15) is 0 Å². The number of anilines is 2. The van der Waals surface area contributed by atoms with Crippen molar-refractivity contribution < 1.29 is 4.79 Å². The second-order valence-electron chi connectivity index (χ2n) is 4.84. The van der Waals surface area contributed by atoms with E-state index < -0.39 is 0 Å². The van der Waals surface area contributed by atoms with Crippen molar-refractivity contribution in [2.24, 2.45) is 10.2 Å². The Kier molecular flexibility index (Phi) is 5.88. The molecule has 0 aliphatic heterocycles. The van der Waals surface area contributed by atoms with E-state index in [0.29, 0.717) is 4.43 Å². The quantitative estimate of drug-likeness (QED) is 0.449. The molecule has 22 heavy (non-hydrogen) atoms. The monoisotopic (exact) mass is 408 g/mol. The second kappa shape index (κ2) is 7.88. The number of hydrogen-bond donors (Lipinski definition) is 1. The molecule has 0 heterocycles. The highest BCUT2D eigenvalue weighted by molar-refractivity contribution is 14.1. The van der Waals surface area contributed by atoms with Crippen molar-refractivity contribution in [1.82, 2.24) is 0 Å². The molecule has 2 rings (SSSR count). The highest BCUT2D eigenvalue weighted by atomic mass is 127. The van der Waals surface area contributed by atoms with Crippen molar-refractivity contribution >= 4 is 51.2 Å². The normalized spacial score (nSPS) is 10.7. The summed E-state index contributed by atoms with van der Waals surface area (Å²) in [7, 11) is 3.99. The van der Waals surface area contributed by atoms with E-state index in [1.54, 1.807) is 0 Å². The summed E-state index contributed by atoms with van der Waals surface area (Å²) in [4.78, 5) is 13.3. The predicted octanol–water partition coefficient (Wildman–Crippen LogP) is 4.54. The first kappa shape index (κ1) is 16.4. The first-order chi connectivity index (χ1) is 10.6. The van der Waals surface area contributed by atoms with E-state index in [4.69, 9.17) is 0 Å². The lowest BCUT2D eigenvalue weighted by Crippen LogP contribution is -2.11. The maximum atomic E-state index is 11.3. The molecule has 114 valence electrons. The fraction of sp³-hybridized carbons (Fsp3) is 0.188. The van der Waals surface area contributed by atoms with Crippen molar-refractivity contribution in [3.05, 3.63) is 48.5 Å². The molecule has 0 aromatic heterocycles. The van der Waals surface area contributed by atoms with Gasteiger partial charge in [0.15, 0.2) is 0 Å². The van der Waals surface area contributed by atoms with E-state index in [2.05, 4.69) is 15.5 Å². The molecule has 0 unspecified atom stereocenters. The highest BCUT2D eigenvalue weighted by Gasteiger charge is 1.99. The Morgan fingerprint density at radius 1 is 1.00 bits per heavy atom. The fourth-order valence-corrected chi connectivity index (χ4v) is 1.93. The van der Waals surface area contributed by atoms with Crippen molar-refractivity contribution in [2.75, 3.05) is 28.7 Å². The first-order valence-corrected chi connectivity index (χ1v) is 8.26. The van der Waals surface area contributed by atoms with Crippen LogP contribution in [0.5, 0.6) is 0 Å². The van der Waals surface area contributed by atoms with Gasteiger partial charge in [-0.1, -0.05) is 22.6 Å². The lowest BCUT2D eigenvalue weighted by atomic mass is 10.3. The van der Waals surface area contributed by atoms with E-state index in [0.717, 1.165) is 22.7 Å². The van der Waals surface area contributed by atoms with Crippen molar-refractivity contribution in [3.63, 3.8) is 0 Å². The van der Waals surface area contributed by atoms with Crippen LogP contribution < -0.4 is 10.2 Å². The van der Waals surface area contributed by atoms with Crippen LogP contribution in [0.3, 0.4) is 0 Å². The summed E-state index contributed by atoms with van der Waals surface area (Å²) in [5.74, 6) is -0.0176. The molecule has 5 nitrogen and oxygen atoms in total. The number of rotatable bonds is 5. The van der Waals surface area contributed by atoms with Crippen LogP contribution in [0.4, 0.5) is 22.7 Å². The minimum atomic E-state index is -0.0176. The van der Waals surface area contributed by atoms with E-state index in [-0.39, 0.29) is 5.91 Å². The van der Waals surface area contributed by atoms with E-state index in [9.17, 15) is 4.79 Å². The van der Waals surface area contributed by atoms with Gasteiger partial charge in [-0.25, -0.2) is 0 Å². The summed E-state index contributed by atoms with van der Waals surface area (Å²) < 4.78 is 0.433. The molecule has 0 aliphatic carbocycles. The van der Waals surface area contributed by atoms with Crippen molar-refractivity contribution in [2.45, 2.75) is 0 Å². The molecule has 0 atom stereocenters. The molecule has 0 aliphatic rings. The lowest BCUT2D eigenvalue weighted by Gasteiger charge is -2.11. The maximum absolute atomic E-state index is 11.3. The third kappa shape index (κ3) is 4.80. The number of benzene rings is 2. The molecular formula is C16H17IN4O. The van der Waals surface area contributed by atoms with Crippen LogP contribution in [0, 0.1) is 0 Å². The van der Waals surface area contributed by atoms with Gasteiger partial charge in [0.2, 0.25) is 5.91 Å². The number of halogens is 1. The summed E-state index contributed by atoms with van der Waals surface area (Å²) in [5, 5.41) is 11.2. The number of amides is 1. The average Bonchev–Trinajstić information content (AvgIpc) is 2.54. The summed E-state index contributed by atoms with van der Waals surface area (Å²) >= 11 is 2.02. The first-order valence-electron chi connectivity index (χ1n) is 6.73. The van der Waals surface area contributed by atoms with Crippen LogP contribution in [-0.2, 0) is 4.79 Å². The molecule has 0 spiro atoms. The minimum Gasteiger partial charge on any atom is -0.378 e. The molecule has 0 saturated carbocycles. The third-order valence-corrected chi connectivity index (χ3v) is 3.61. The Bertz CT molecular complexity index is 651. The molecule has 0 saturated heterocycles. The summed E-state index contributed by atoms with van der Waals surface area (Å²) in [6, 6.07) is 15.1. The standard InChI is InChI=1S/C16H17IN4O/c1-21(2)15-9-7-14(8-10-15)20-19-13-5-3-12(4-6-13)18-16(22)11-17/h3-10H,11H2,1-2H3,(H,18,22). The van der Waals surface area contributed by atoms with Gasteiger partial charge in [0, 0.05) is 25.5 Å². The zero-order valence-corrected chi connectivity index (χ0v) is 14.6. The van der Waals surface area contributed by atoms with Crippen LogP contribution >= 0.6 is 22.6 Å². The topological polar surface area (TPSA) is 57.1 Å². The number of carbonyl (C=O) groups is 1. The van der Waals surface area contributed by atoms with E-state index in [1.807, 2.05) is 90.1 Å². The number of alkyl halides is 1. The average molecular weight is 408 g/mol. The minimum absolute atomic E-state index is 0.0176.